The van der Waals surface area contributed by atoms with E-state index in [0.717, 1.165) is 0 Å². The summed E-state index contributed by atoms with van der Waals surface area (Å²) >= 11 is 4.88. The number of ether oxygens (including phenoxy) is 1. The minimum Gasteiger partial charge on any atom is -0.465 e. The molecule has 5 nitrogen and oxygen atoms in total. The van der Waals surface area contributed by atoms with Gasteiger partial charge < -0.3 is 14.7 Å². The number of nitrogens with zero attached hydrogens (tertiary/aromatic N) is 1. The fourth-order valence-corrected chi connectivity index (χ4v) is 1.36. The van der Waals surface area contributed by atoms with Gasteiger partial charge in [0.15, 0.2) is 10.4 Å². The molecule has 6 heteroatoms. The number of methoxy groups -OCH3 is 1. The fourth-order valence-electron chi connectivity index (χ4n) is 1.15. The molecule has 0 spiro atoms. The maximum atomic E-state index is 11.2. The highest BCUT2D eigenvalue weighted by Crippen LogP contribution is 2.09. The number of pyridine rings is 1. The van der Waals surface area contributed by atoms with Gasteiger partial charge in [-0.3, -0.25) is 0 Å². The number of nitrogens with one attached hydrogen (secondary N) is 2. The first-order valence-corrected chi connectivity index (χ1v) is 4.28. The molecule has 0 fully saturated rings. The van der Waals surface area contributed by atoms with Crippen LogP contribution >= 0.6 is 12.2 Å². The first-order chi connectivity index (χ1) is 6.70. The summed E-state index contributed by atoms with van der Waals surface area (Å²) in [6, 6.07) is 1.64. The van der Waals surface area contributed by atoms with E-state index in [0.29, 0.717) is 21.5 Å². The summed E-state index contributed by atoms with van der Waals surface area (Å²) < 4.78 is 5.04. The van der Waals surface area contributed by atoms with Crippen LogP contribution in [0.2, 0.25) is 0 Å². The van der Waals surface area contributed by atoms with Crippen LogP contribution in [0.25, 0.3) is 11.2 Å². The Balaban J connectivity index is 2.61. The van der Waals surface area contributed by atoms with E-state index in [9.17, 15) is 4.79 Å². The Kier molecular flexibility index (Phi) is 2.05. The summed E-state index contributed by atoms with van der Waals surface area (Å²) in [7, 11) is 1.33. The summed E-state index contributed by atoms with van der Waals surface area (Å²) in [5.41, 5.74) is 1.71. The van der Waals surface area contributed by atoms with Crippen LogP contribution in [0.5, 0.6) is 0 Å². The van der Waals surface area contributed by atoms with Crippen molar-refractivity contribution in [2.24, 2.45) is 0 Å². The number of aromatic nitrogens is 3. The van der Waals surface area contributed by atoms with Gasteiger partial charge in [0.25, 0.3) is 0 Å². The highest BCUT2D eigenvalue weighted by Gasteiger charge is 2.07. The van der Waals surface area contributed by atoms with E-state index < -0.39 is 5.97 Å². The SMILES string of the molecule is COC(=O)c1cnc2[nH]c(=S)[nH]c2c1. The van der Waals surface area contributed by atoms with Gasteiger partial charge in [0.05, 0.1) is 18.2 Å². The summed E-state index contributed by atoms with van der Waals surface area (Å²) in [5, 5.41) is 0. The second kappa shape index (κ2) is 3.22. The zero-order chi connectivity index (χ0) is 10.1. The number of fused-ring (bicyclic) bond motifs is 1. The Morgan fingerprint density at radius 3 is 3.07 bits per heavy atom. The van der Waals surface area contributed by atoms with Gasteiger partial charge in [-0.2, -0.15) is 0 Å². The van der Waals surface area contributed by atoms with Gasteiger partial charge in [-0.15, -0.1) is 0 Å². The van der Waals surface area contributed by atoms with Crippen LogP contribution in [0.1, 0.15) is 10.4 Å². The minimum atomic E-state index is -0.417. The second-order valence-electron chi connectivity index (χ2n) is 2.69. The molecule has 2 N–H and O–H groups in total. The maximum absolute atomic E-state index is 11.2. The van der Waals surface area contributed by atoms with Crippen LogP contribution in [0.3, 0.4) is 0 Å². The van der Waals surface area contributed by atoms with E-state index in [-0.39, 0.29) is 0 Å². The van der Waals surface area contributed by atoms with Gasteiger partial charge in [-0.25, -0.2) is 9.78 Å². The van der Waals surface area contributed by atoms with E-state index in [1.165, 1.54) is 13.3 Å². The van der Waals surface area contributed by atoms with Gasteiger partial charge in [-0.05, 0) is 18.3 Å². The number of esters is 1. The molecule has 2 heterocycles. The number of hydrogen-bond acceptors (Lipinski definition) is 4. The number of aromatic amines is 2. The van der Waals surface area contributed by atoms with Crippen molar-refractivity contribution in [2.45, 2.75) is 0 Å². The molecule has 0 aliphatic heterocycles. The van der Waals surface area contributed by atoms with Crippen molar-refractivity contribution >= 4 is 29.4 Å². The molecule has 0 amide bonds. The van der Waals surface area contributed by atoms with Crippen molar-refractivity contribution in [2.75, 3.05) is 7.11 Å². The first kappa shape index (κ1) is 8.89. The number of carbonyl (C=O) groups is 1. The van der Waals surface area contributed by atoms with Gasteiger partial charge >= 0.3 is 5.97 Å². The number of H-pyrrole nitrogens is 2. The van der Waals surface area contributed by atoms with Crippen LogP contribution in [-0.4, -0.2) is 28.0 Å². The van der Waals surface area contributed by atoms with Crippen LogP contribution in [0, 0.1) is 4.77 Å². The van der Waals surface area contributed by atoms with E-state index >= 15 is 0 Å². The van der Waals surface area contributed by atoms with Gasteiger partial charge in [-0.1, -0.05) is 0 Å². The number of carbonyl (C=O) groups excluding carboxylic acids is 1. The summed E-state index contributed by atoms with van der Waals surface area (Å²) in [6.45, 7) is 0. The topological polar surface area (TPSA) is 70.8 Å². The van der Waals surface area contributed by atoms with E-state index in [4.69, 9.17) is 12.2 Å². The van der Waals surface area contributed by atoms with Crippen molar-refractivity contribution in [1.29, 1.82) is 0 Å². The average molecular weight is 209 g/mol. The molecular weight excluding hydrogens is 202 g/mol. The summed E-state index contributed by atoms with van der Waals surface area (Å²) in [5.74, 6) is -0.417. The quantitative estimate of drug-likeness (QED) is 0.550. The van der Waals surface area contributed by atoms with E-state index in [1.54, 1.807) is 6.07 Å². The molecule has 0 aliphatic rings. The lowest BCUT2D eigenvalue weighted by molar-refractivity contribution is 0.0600. The second-order valence-corrected chi connectivity index (χ2v) is 3.10. The molecule has 0 bridgehead atoms. The Hall–Kier alpha value is -1.69. The van der Waals surface area contributed by atoms with Crippen molar-refractivity contribution in [1.82, 2.24) is 15.0 Å². The number of rotatable bonds is 1. The first-order valence-electron chi connectivity index (χ1n) is 3.87. The lowest BCUT2D eigenvalue weighted by Gasteiger charge is -1.96. The van der Waals surface area contributed by atoms with Crippen molar-refractivity contribution in [3.63, 3.8) is 0 Å². The molecule has 0 aromatic carbocycles. The fraction of sp³-hybridized carbons (Fsp3) is 0.125. The average Bonchev–Trinajstić information content (AvgIpc) is 2.55. The van der Waals surface area contributed by atoms with Crippen LogP contribution in [-0.2, 0) is 4.74 Å². The monoisotopic (exact) mass is 209 g/mol. The Morgan fingerprint density at radius 1 is 1.57 bits per heavy atom. The molecule has 0 saturated heterocycles. The predicted molar refractivity (Wildman–Crippen MR) is 52.6 cm³/mol. The van der Waals surface area contributed by atoms with E-state index in [2.05, 4.69) is 19.7 Å². The van der Waals surface area contributed by atoms with Gasteiger partial charge in [0.1, 0.15) is 0 Å². The highest BCUT2D eigenvalue weighted by atomic mass is 32.1. The molecule has 0 atom stereocenters. The Bertz CT molecular complexity index is 543. The molecule has 0 saturated carbocycles. The molecule has 0 aliphatic carbocycles. The van der Waals surface area contributed by atoms with Crippen LogP contribution < -0.4 is 0 Å². The lowest BCUT2D eigenvalue weighted by Crippen LogP contribution is -2.01. The predicted octanol–water partition coefficient (Wildman–Crippen LogP) is 1.41. The van der Waals surface area contributed by atoms with Crippen LogP contribution in [0.15, 0.2) is 12.3 Å². The zero-order valence-corrected chi connectivity index (χ0v) is 8.14. The molecule has 2 rings (SSSR count). The molecule has 0 radical (unpaired) electrons. The third-order valence-electron chi connectivity index (χ3n) is 1.79. The van der Waals surface area contributed by atoms with Crippen molar-refractivity contribution < 1.29 is 9.53 Å². The molecule has 2 aromatic rings. The lowest BCUT2D eigenvalue weighted by atomic mass is 10.3. The molecule has 2 aromatic heterocycles. The largest absolute Gasteiger partial charge is 0.465 e. The molecule has 72 valence electrons. The normalized spacial score (nSPS) is 10.4. The number of imidazole rings is 1. The maximum Gasteiger partial charge on any atom is 0.339 e. The molecule has 0 unspecified atom stereocenters. The smallest absolute Gasteiger partial charge is 0.339 e. The summed E-state index contributed by atoms with van der Waals surface area (Å²) in [6.07, 6.45) is 1.44. The van der Waals surface area contributed by atoms with Crippen molar-refractivity contribution in [3.05, 3.63) is 22.6 Å². The zero-order valence-electron chi connectivity index (χ0n) is 7.33. The third-order valence-corrected chi connectivity index (χ3v) is 1.99. The highest BCUT2D eigenvalue weighted by molar-refractivity contribution is 7.71. The Labute approximate surface area is 84.1 Å². The third kappa shape index (κ3) is 1.39. The molecular formula is C8H7N3O2S. The molecule has 14 heavy (non-hydrogen) atoms. The standard InChI is InChI=1S/C8H7N3O2S/c1-13-7(12)4-2-5-6(9-3-4)11-8(14)10-5/h2-3H,1H3,(H2,9,10,11,14). The van der Waals surface area contributed by atoms with Gasteiger partial charge in [0, 0.05) is 6.20 Å². The van der Waals surface area contributed by atoms with Gasteiger partial charge in [0.2, 0.25) is 0 Å². The number of hydrogen-bond donors (Lipinski definition) is 2. The Morgan fingerprint density at radius 2 is 2.36 bits per heavy atom. The van der Waals surface area contributed by atoms with Crippen LogP contribution in [0.4, 0.5) is 0 Å². The minimum absolute atomic E-state index is 0.394. The van der Waals surface area contributed by atoms with Crippen molar-refractivity contribution in [3.8, 4) is 0 Å². The summed E-state index contributed by atoms with van der Waals surface area (Å²) in [4.78, 5) is 20.9. The van der Waals surface area contributed by atoms with E-state index in [1.807, 2.05) is 0 Å².